The number of alkyl halides is 1. The smallest absolute Gasteiger partial charge is 0.127 e. The van der Waals surface area contributed by atoms with Crippen LogP contribution in [0.5, 0.6) is 0 Å². The molecule has 0 saturated heterocycles. The highest BCUT2D eigenvalue weighted by atomic mass is 35.5. The van der Waals surface area contributed by atoms with Gasteiger partial charge in [-0.3, -0.25) is 5.84 Å². The lowest BCUT2D eigenvalue weighted by Crippen LogP contribution is -2.30. The molecule has 0 aliphatic carbocycles. The lowest BCUT2D eigenvalue weighted by atomic mass is 10.1. The molecule has 0 spiro atoms. The van der Waals surface area contributed by atoms with Crippen LogP contribution in [-0.4, -0.2) is 15.4 Å². The number of hydrazine groups is 1. The summed E-state index contributed by atoms with van der Waals surface area (Å²) in [4.78, 5) is 4.29. The van der Waals surface area contributed by atoms with Gasteiger partial charge >= 0.3 is 0 Å². The molecule has 1 atom stereocenters. The van der Waals surface area contributed by atoms with E-state index in [1.807, 2.05) is 6.20 Å². The lowest BCUT2D eigenvalue weighted by molar-refractivity contribution is 0.465. The van der Waals surface area contributed by atoms with Gasteiger partial charge in [0, 0.05) is 24.8 Å². The van der Waals surface area contributed by atoms with E-state index in [0.29, 0.717) is 5.88 Å². The standard InChI is InChI=1S/C9H17ClN4/c1-2-14-7-6-12-9(14)8(13-11)4-3-5-10/h6-8,13H,2-5,11H2,1H3. The Morgan fingerprint density at radius 2 is 2.50 bits per heavy atom. The summed E-state index contributed by atoms with van der Waals surface area (Å²) < 4.78 is 2.08. The molecule has 0 fully saturated rings. The molecule has 1 aromatic rings. The second-order valence-electron chi connectivity index (χ2n) is 3.12. The highest BCUT2D eigenvalue weighted by Crippen LogP contribution is 2.16. The molecular weight excluding hydrogens is 200 g/mol. The van der Waals surface area contributed by atoms with E-state index in [1.54, 1.807) is 6.20 Å². The number of hydrogen-bond acceptors (Lipinski definition) is 3. The van der Waals surface area contributed by atoms with Gasteiger partial charge in [0.05, 0.1) is 6.04 Å². The van der Waals surface area contributed by atoms with Crippen LogP contribution in [0.15, 0.2) is 12.4 Å². The summed E-state index contributed by atoms with van der Waals surface area (Å²) in [7, 11) is 0. The van der Waals surface area contributed by atoms with E-state index in [4.69, 9.17) is 17.4 Å². The van der Waals surface area contributed by atoms with Crippen molar-refractivity contribution in [1.82, 2.24) is 15.0 Å². The first-order valence-electron chi connectivity index (χ1n) is 4.86. The van der Waals surface area contributed by atoms with Crippen molar-refractivity contribution in [2.24, 2.45) is 5.84 Å². The van der Waals surface area contributed by atoms with Crippen molar-refractivity contribution in [2.45, 2.75) is 32.4 Å². The average Bonchev–Trinajstić information content (AvgIpc) is 2.67. The maximum atomic E-state index is 5.64. The number of rotatable bonds is 6. The van der Waals surface area contributed by atoms with Crippen molar-refractivity contribution in [2.75, 3.05) is 5.88 Å². The summed E-state index contributed by atoms with van der Waals surface area (Å²) >= 11 is 5.64. The molecule has 1 unspecified atom stereocenters. The Labute approximate surface area is 89.4 Å². The lowest BCUT2D eigenvalue weighted by Gasteiger charge is -2.15. The predicted molar refractivity (Wildman–Crippen MR) is 57.9 cm³/mol. The van der Waals surface area contributed by atoms with E-state index >= 15 is 0 Å². The van der Waals surface area contributed by atoms with E-state index in [0.717, 1.165) is 25.2 Å². The average molecular weight is 217 g/mol. The number of imidazole rings is 1. The molecule has 3 N–H and O–H groups in total. The van der Waals surface area contributed by atoms with Gasteiger partial charge in [0.25, 0.3) is 0 Å². The van der Waals surface area contributed by atoms with Crippen molar-refractivity contribution in [3.63, 3.8) is 0 Å². The third-order valence-electron chi connectivity index (χ3n) is 2.23. The van der Waals surface area contributed by atoms with E-state index in [-0.39, 0.29) is 6.04 Å². The van der Waals surface area contributed by atoms with E-state index < -0.39 is 0 Å². The molecule has 5 heteroatoms. The molecule has 0 radical (unpaired) electrons. The van der Waals surface area contributed by atoms with Gasteiger partial charge in [-0.05, 0) is 19.8 Å². The SMILES string of the molecule is CCn1ccnc1C(CCCCl)NN. The molecule has 4 nitrogen and oxygen atoms in total. The molecule has 80 valence electrons. The van der Waals surface area contributed by atoms with Crippen LogP contribution in [0.4, 0.5) is 0 Å². The number of nitrogens with one attached hydrogen (secondary N) is 1. The van der Waals surface area contributed by atoms with Crippen molar-refractivity contribution < 1.29 is 0 Å². The highest BCUT2D eigenvalue weighted by Gasteiger charge is 2.13. The van der Waals surface area contributed by atoms with Gasteiger partial charge in [0.1, 0.15) is 5.82 Å². The second kappa shape index (κ2) is 6.01. The molecule has 0 amide bonds. The highest BCUT2D eigenvalue weighted by molar-refractivity contribution is 6.17. The maximum Gasteiger partial charge on any atom is 0.127 e. The van der Waals surface area contributed by atoms with Crippen LogP contribution in [0.2, 0.25) is 0 Å². The van der Waals surface area contributed by atoms with Crippen molar-refractivity contribution in [3.05, 3.63) is 18.2 Å². The van der Waals surface area contributed by atoms with Crippen molar-refractivity contribution in [3.8, 4) is 0 Å². The Morgan fingerprint density at radius 3 is 3.07 bits per heavy atom. The number of nitrogens with zero attached hydrogens (tertiary/aromatic N) is 2. The minimum Gasteiger partial charge on any atom is -0.334 e. The molecule has 0 aliphatic rings. The first-order chi connectivity index (χ1) is 6.83. The first kappa shape index (κ1) is 11.5. The third kappa shape index (κ3) is 2.70. The predicted octanol–water partition coefficient (Wildman–Crippen LogP) is 1.43. The Balaban J connectivity index is 2.67. The summed E-state index contributed by atoms with van der Waals surface area (Å²) in [6.07, 6.45) is 5.61. The van der Waals surface area contributed by atoms with Gasteiger partial charge in [-0.1, -0.05) is 0 Å². The zero-order valence-corrected chi connectivity index (χ0v) is 9.17. The fraction of sp³-hybridized carbons (Fsp3) is 0.667. The number of aromatic nitrogens is 2. The number of hydrogen-bond donors (Lipinski definition) is 2. The Morgan fingerprint density at radius 1 is 1.71 bits per heavy atom. The zero-order chi connectivity index (χ0) is 10.4. The molecule has 0 aliphatic heterocycles. The Hall–Kier alpha value is -0.580. The summed E-state index contributed by atoms with van der Waals surface area (Å²) in [5.41, 5.74) is 2.77. The molecule has 14 heavy (non-hydrogen) atoms. The summed E-state index contributed by atoms with van der Waals surface area (Å²) in [6, 6.07) is 0.101. The summed E-state index contributed by atoms with van der Waals surface area (Å²) in [6.45, 7) is 2.99. The van der Waals surface area contributed by atoms with Crippen molar-refractivity contribution in [1.29, 1.82) is 0 Å². The fourth-order valence-electron chi connectivity index (χ4n) is 1.47. The molecule has 0 saturated carbocycles. The second-order valence-corrected chi connectivity index (χ2v) is 3.50. The van der Waals surface area contributed by atoms with Crippen LogP contribution in [0.3, 0.4) is 0 Å². The molecular formula is C9H17ClN4. The largest absolute Gasteiger partial charge is 0.334 e. The number of halogens is 1. The Bertz CT molecular complexity index is 261. The quantitative estimate of drug-likeness (QED) is 0.430. The first-order valence-corrected chi connectivity index (χ1v) is 5.40. The van der Waals surface area contributed by atoms with Crippen molar-refractivity contribution >= 4 is 11.6 Å². The van der Waals surface area contributed by atoms with E-state index in [1.165, 1.54) is 0 Å². The fourth-order valence-corrected chi connectivity index (χ4v) is 1.62. The minimum atomic E-state index is 0.101. The van der Waals surface area contributed by atoms with Gasteiger partial charge in [-0.25, -0.2) is 10.4 Å². The van der Waals surface area contributed by atoms with Crippen LogP contribution in [0.1, 0.15) is 31.6 Å². The van der Waals surface area contributed by atoms with Crippen LogP contribution in [-0.2, 0) is 6.54 Å². The Kier molecular flexibility index (Phi) is 4.93. The number of nitrogens with two attached hydrogens (primary N) is 1. The van der Waals surface area contributed by atoms with Crippen LogP contribution < -0.4 is 11.3 Å². The normalized spacial score (nSPS) is 13.1. The minimum absolute atomic E-state index is 0.101. The third-order valence-corrected chi connectivity index (χ3v) is 2.49. The topological polar surface area (TPSA) is 55.9 Å². The summed E-state index contributed by atoms with van der Waals surface area (Å²) in [5.74, 6) is 7.13. The summed E-state index contributed by atoms with van der Waals surface area (Å²) in [5, 5.41) is 0. The molecule has 1 heterocycles. The monoisotopic (exact) mass is 216 g/mol. The van der Waals surface area contributed by atoms with Gasteiger partial charge in [-0.2, -0.15) is 0 Å². The molecule has 1 aromatic heterocycles. The maximum absolute atomic E-state index is 5.64. The molecule has 0 bridgehead atoms. The van der Waals surface area contributed by atoms with Gasteiger partial charge in [0.15, 0.2) is 0 Å². The zero-order valence-electron chi connectivity index (χ0n) is 8.41. The van der Waals surface area contributed by atoms with Gasteiger partial charge in [-0.15, -0.1) is 11.6 Å². The van der Waals surface area contributed by atoms with E-state index in [2.05, 4.69) is 21.9 Å². The molecule has 0 aromatic carbocycles. The van der Waals surface area contributed by atoms with Crippen LogP contribution >= 0.6 is 11.6 Å². The van der Waals surface area contributed by atoms with Crippen LogP contribution in [0.25, 0.3) is 0 Å². The van der Waals surface area contributed by atoms with E-state index in [9.17, 15) is 0 Å². The number of aryl methyl sites for hydroxylation is 1. The van der Waals surface area contributed by atoms with Gasteiger partial charge in [0.2, 0.25) is 0 Å². The van der Waals surface area contributed by atoms with Gasteiger partial charge < -0.3 is 4.57 Å². The molecule has 1 rings (SSSR count). The van der Waals surface area contributed by atoms with Crippen LogP contribution in [0, 0.1) is 0 Å².